The van der Waals surface area contributed by atoms with Gasteiger partial charge < -0.3 is 19.5 Å². The first-order valence-electron chi connectivity index (χ1n) is 7.46. The van der Waals surface area contributed by atoms with Gasteiger partial charge in [0.25, 0.3) is 0 Å². The molecule has 1 rings (SSSR count). The van der Waals surface area contributed by atoms with Crippen molar-refractivity contribution in [3.8, 4) is 5.75 Å². The summed E-state index contributed by atoms with van der Waals surface area (Å²) in [5.41, 5.74) is 1.21. The van der Waals surface area contributed by atoms with Gasteiger partial charge in [0.15, 0.2) is 0 Å². The van der Waals surface area contributed by atoms with Gasteiger partial charge in [0.2, 0.25) is 0 Å². The van der Waals surface area contributed by atoms with Gasteiger partial charge in [-0.25, -0.2) is 0 Å². The molecule has 0 aromatic heterocycles. The highest BCUT2D eigenvalue weighted by atomic mass is 79.9. The Labute approximate surface area is 136 Å². The van der Waals surface area contributed by atoms with Crippen LogP contribution in [0, 0.1) is 0 Å². The van der Waals surface area contributed by atoms with Crippen LogP contribution < -0.4 is 10.1 Å². The predicted octanol–water partition coefficient (Wildman–Crippen LogP) is 3.38. The molecule has 0 saturated carbocycles. The highest BCUT2D eigenvalue weighted by Gasteiger charge is 2.02. The molecular weight excluding hydrogens is 334 g/mol. The molecule has 0 aliphatic heterocycles. The standard InChI is InChI=1S/C16H26BrNO3/c1-3-7-18-13-14-12-15(5-6-16(14)17)21-11-10-20-9-4-8-19-2/h5-6,12,18H,3-4,7-11,13H2,1-2H3. The molecule has 0 bridgehead atoms. The minimum Gasteiger partial charge on any atom is -0.491 e. The van der Waals surface area contributed by atoms with Crippen molar-refractivity contribution in [2.45, 2.75) is 26.3 Å². The molecule has 0 unspecified atom stereocenters. The summed E-state index contributed by atoms with van der Waals surface area (Å²) >= 11 is 3.57. The van der Waals surface area contributed by atoms with E-state index in [0.29, 0.717) is 19.8 Å². The Kier molecular flexibility index (Phi) is 10.5. The van der Waals surface area contributed by atoms with Gasteiger partial charge in [-0.15, -0.1) is 0 Å². The third kappa shape index (κ3) is 8.41. The van der Waals surface area contributed by atoms with Crippen LogP contribution in [0.25, 0.3) is 0 Å². The highest BCUT2D eigenvalue weighted by molar-refractivity contribution is 9.10. The second kappa shape index (κ2) is 12.0. The molecule has 1 N–H and O–H groups in total. The van der Waals surface area contributed by atoms with Gasteiger partial charge in [0, 0.05) is 31.3 Å². The Hall–Kier alpha value is -0.620. The van der Waals surface area contributed by atoms with E-state index in [0.717, 1.165) is 42.8 Å². The summed E-state index contributed by atoms with van der Waals surface area (Å²) in [5, 5.41) is 3.39. The lowest BCUT2D eigenvalue weighted by Gasteiger charge is -2.11. The predicted molar refractivity (Wildman–Crippen MR) is 88.9 cm³/mol. The van der Waals surface area contributed by atoms with Crippen LogP contribution in [0.15, 0.2) is 22.7 Å². The van der Waals surface area contributed by atoms with Crippen molar-refractivity contribution in [3.63, 3.8) is 0 Å². The largest absolute Gasteiger partial charge is 0.491 e. The van der Waals surface area contributed by atoms with Crippen LogP contribution in [-0.4, -0.2) is 40.1 Å². The molecule has 1 aromatic rings. The van der Waals surface area contributed by atoms with Crippen molar-refractivity contribution in [2.75, 3.05) is 40.1 Å². The van der Waals surface area contributed by atoms with Crippen LogP contribution in [0.3, 0.4) is 0 Å². The normalized spacial score (nSPS) is 10.8. The maximum absolute atomic E-state index is 5.71. The monoisotopic (exact) mass is 359 g/mol. The molecule has 1 aromatic carbocycles. The lowest BCUT2D eigenvalue weighted by molar-refractivity contribution is 0.0806. The fourth-order valence-corrected chi connectivity index (χ4v) is 2.19. The molecule has 0 aliphatic carbocycles. The Morgan fingerprint density at radius 2 is 2.00 bits per heavy atom. The maximum Gasteiger partial charge on any atom is 0.119 e. The zero-order valence-corrected chi connectivity index (χ0v) is 14.6. The van der Waals surface area contributed by atoms with Gasteiger partial charge in [-0.05, 0) is 43.1 Å². The molecule has 4 nitrogen and oxygen atoms in total. The molecule has 0 fully saturated rings. The zero-order valence-electron chi connectivity index (χ0n) is 13.0. The van der Waals surface area contributed by atoms with Crippen molar-refractivity contribution >= 4 is 15.9 Å². The quantitative estimate of drug-likeness (QED) is 0.580. The molecule has 0 spiro atoms. The van der Waals surface area contributed by atoms with Crippen LogP contribution in [0.4, 0.5) is 0 Å². The fourth-order valence-electron chi connectivity index (χ4n) is 1.80. The molecule has 0 radical (unpaired) electrons. The van der Waals surface area contributed by atoms with Crippen molar-refractivity contribution < 1.29 is 14.2 Å². The summed E-state index contributed by atoms with van der Waals surface area (Å²) in [6.45, 7) is 6.64. The Morgan fingerprint density at radius 1 is 1.14 bits per heavy atom. The number of nitrogens with one attached hydrogen (secondary N) is 1. The number of ether oxygens (including phenoxy) is 3. The number of hydrogen-bond donors (Lipinski definition) is 1. The van der Waals surface area contributed by atoms with Crippen molar-refractivity contribution in [3.05, 3.63) is 28.2 Å². The molecule has 0 heterocycles. The van der Waals surface area contributed by atoms with E-state index in [2.05, 4.69) is 34.2 Å². The third-order valence-corrected chi connectivity index (χ3v) is 3.67. The summed E-state index contributed by atoms with van der Waals surface area (Å²) in [7, 11) is 1.70. The van der Waals surface area contributed by atoms with Gasteiger partial charge in [-0.2, -0.15) is 0 Å². The lowest BCUT2D eigenvalue weighted by Crippen LogP contribution is -2.14. The van der Waals surface area contributed by atoms with E-state index < -0.39 is 0 Å². The maximum atomic E-state index is 5.71. The SMILES string of the molecule is CCCNCc1cc(OCCOCCCOC)ccc1Br. The topological polar surface area (TPSA) is 39.7 Å². The summed E-state index contributed by atoms with van der Waals surface area (Å²) in [6, 6.07) is 6.06. The van der Waals surface area contributed by atoms with Crippen molar-refractivity contribution in [1.82, 2.24) is 5.32 Å². The first kappa shape index (κ1) is 18.4. The van der Waals surface area contributed by atoms with Gasteiger partial charge in [0.1, 0.15) is 12.4 Å². The van der Waals surface area contributed by atoms with Crippen LogP contribution >= 0.6 is 15.9 Å². The van der Waals surface area contributed by atoms with Crippen molar-refractivity contribution in [1.29, 1.82) is 0 Å². The van der Waals surface area contributed by atoms with Crippen LogP contribution in [0.2, 0.25) is 0 Å². The molecule has 5 heteroatoms. The highest BCUT2D eigenvalue weighted by Crippen LogP contribution is 2.22. The Balaban J connectivity index is 2.26. The lowest BCUT2D eigenvalue weighted by atomic mass is 10.2. The molecular formula is C16H26BrNO3. The first-order chi connectivity index (χ1) is 10.3. The molecule has 21 heavy (non-hydrogen) atoms. The average molecular weight is 360 g/mol. The zero-order chi connectivity index (χ0) is 15.3. The molecule has 0 aliphatic rings. The van der Waals surface area contributed by atoms with E-state index in [1.54, 1.807) is 7.11 Å². The van der Waals surface area contributed by atoms with E-state index >= 15 is 0 Å². The molecule has 0 amide bonds. The van der Waals surface area contributed by atoms with Crippen LogP contribution in [-0.2, 0) is 16.0 Å². The Morgan fingerprint density at radius 3 is 2.76 bits per heavy atom. The van der Waals surface area contributed by atoms with Gasteiger partial charge in [-0.1, -0.05) is 22.9 Å². The van der Waals surface area contributed by atoms with Gasteiger partial charge in [-0.3, -0.25) is 0 Å². The van der Waals surface area contributed by atoms with Gasteiger partial charge >= 0.3 is 0 Å². The average Bonchev–Trinajstić information content (AvgIpc) is 2.49. The summed E-state index contributed by atoms with van der Waals surface area (Å²) in [4.78, 5) is 0. The number of methoxy groups -OCH3 is 1. The third-order valence-electron chi connectivity index (χ3n) is 2.89. The van der Waals surface area contributed by atoms with E-state index in [4.69, 9.17) is 14.2 Å². The number of benzene rings is 1. The van der Waals surface area contributed by atoms with E-state index in [-0.39, 0.29) is 0 Å². The number of hydrogen-bond acceptors (Lipinski definition) is 4. The summed E-state index contributed by atoms with van der Waals surface area (Å²) in [6.07, 6.45) is 2.05. The second-order valence-corrected chi connectivity index (χ2v) is 5.59. The number of rotatable bonds is 12. The van der Waals surface area contributed by atoms with Gasteiger partial charge in [0.05, 0.1) is 6.61 Å². The smallest absolute Gasteiger partial charge is 0.119 e. The van der Waals surface area contributed by atoms with E-state index in [1.165, 1.54) is 5.56 Å². The van der Waals surface area contributed by atoms with E-state index in [9.17, 15) is 0 Å². The molecule has 120 valence electrons. The molecule has 0 saturated heterocycles. The Bertz CT molecular complexity index is 388. The van der Waals surface area contributed by atoms with Crippen LogP contribution in [0.1, 0.15) is 25.3 Å². The summed E-state index contributed by atoms with van der Waals surface area (Å²) in [5.74, 6) is 0.881. The first-order valence-corrected chi connectivity index (χ1v) is 8.25. The summed E-state index contributed by atoms with van der Waals surface area (Å²) < 4.78 is 17.2. The minimum absolute atomic E-state index is 0.566. The van der Waals surface area contributed by atoms with Crippen LogP contribution in [0.5, 0.6) is 5.75 Å². The molecule has 0 atom stereocenters. The second-order valence-electron chi connectivity index (χ2n) is 4.74. The van der Waals surface area contributed by atoms with Crippen molar-refractivity contribution in [2.24, 2.45) is 0 Å². The number of halogens is 1. The fraction of sp³-hybridized carbons (Fsp3) is 0.625. The minimum atomic E-state index is 0.566. The van der Waals surface area contributed by atoms with E-state index in [1.807, 2.05) is 12.1 Å².